The van der Waals surface area contributed by atoms with Crippen LogP contribution in [-0.4, -0.2) is 9.19 Å². The second-order valence-corrected chi connectivity index (χ2v) is 6.76. The molecule has 2 aromatic rings. The lowest BCUT2D eigenvalue weighted by Gasteiger charge is -2.12. The molecule has 2 nitrogen and oxygen atoms in total. The van der Waals surface area contributed by atoms with Gasteiger partial charge < -0.3 is 0 Å². The molecule has 7 heteroatoms. The van der Waals surface area contributed by atoms with E-state index in [0.29, 0.717) is 5.69 Å². The molecule has 0 saturated heterocycles. The Kier molecular flexibility index (Phi) is 4.59. The monoisotopic (exact) mass is 319 g/mol. The van der Waals surface area contributed by atoms with E-state index in [1.807, 2.05) is 6.92 Å². The number of halogens is 3. The summed E-state index contributed by atoms with van der Waals surface area (Å²) in [6, 6.07) is 5.24. The van der Waals surface area contributed by atoms with Gasteiger partial charge in [0, 0.05) is 21.9 Å². The van der Waals surface area contributed by atoms with Gasteiger partial charge in [0.25, 0.3) is 0 Å². The molecule has 0 bridgehead atoms. The number of rotatable bonds is 4. The normalized spacial score (nSPS) is 13.4. The Labute approximate surface area is 121 Å². The molecule has 0 saturated carbocycles. The van der Waals surface area contributed by atoms with Crippen LogP contribution in [-0.2, 0) is 28.5 Å². The number of hydrogen-bond acceptors (Lipinski definition) is 3. The van der Waals surface area contributed by atoms with Crippen molar-refractivity contribution >= 4 is 22.1 Å². The summed E-state index contributed by atoms with van der Waals surface area (Å²) in [5, 5.41) is 2.63. The van der Waals surface area contributed by atoms with Gasteiger partial charge in [-0.1, -0.05) is 18.2 Å². The van der Waals surface area contributed by atoms with Crippen LogP contribution in [0.2, 0.25) is 0 Å². The van der Waals surface area contributed by atoms with Crippen molar-refractivity contribution in [3.8, 4) is 0 Å². The maximum Gasteiger partial charge on any atom is 0.416 e. The van der Waals surface area contributed by atoms with E-state index < -0.39 is 22.5 Å². The van der Waals surface area contributed by atoms with Crippen molar-refractivity contribution in [3.63, 3.8) is 0 Å². The molecule has 1 atom stereocenters. The molecule has 0 amide bonds. The summed E-state index contributed by atoms with van der Waals surface area (Å²) < 4.78 is 50.4. The summed E-state index contributed by atoms with van der Waals surface area (Å²) in [7, 11) is -1.41. The van der Waals surface area contributed by atoms with Gasteiger partial charge in [-0.3, -0.25) is 4.21 Å². The second kappa shape index (κ2) is 6.05. The lowest BCUT2D eigenvalue weighted by Crippen LogP contribution is -2.11. The SMILES string of the molecule is Cc1nc(CS(=O)Cc2ccccc2C(F)(F)F)cs1. The minimum absolute atomic E-state index is 0.0604. The van der Waals surface area contributed by atoms with E-state index in [1.54, 1.807) is 5.38 Å². The van der Waals surface area contributed by atoms with Crippen molar-refractivity contribution in [1.29, 1.82) is 0 Å². The number of thiazole rings is 1. The van der Waals surface area contributed by atoms with Crippen LogP contribution in [0.5, 0.6) is 0 Å². The molecule has 0 aliphatic carbocycles. The molecule has 0 aliphatic rings. The molecule has 108 valence electrons. The molecule has 20 heavy (non-hydrogen) atoms. The lowest BCUT2D eigenvalue weighted by atomic mass is 10.1. The minimum Gasteiger partial charge on any atom is -0.259 e. The third kappa shape index (κ3) is 3.89. The van der Waals surface area contributed by atoms with Gasteiger partial charge in [0.15, 0.2) is 0 Å². The zero-order valence-corrected chi connectivity index (χ0v) is 12.2. The third-order valence-electron chi connectivity index (χ3n) is 2.61. The Balaban J connectivity index is 2.12. The molecular formula is C13H12F3NOS2. The van der Waals surface area contributed by atoms with Gasteiger partial charge in [0.2, 0.25) is 0 Å². The second-order valence-electron chi connectivity index (χ2n) is 4.24. The molecule has 0 spiro atoms. The summed E-state index contributed by atoms with van der Waals surface area (Å²) in [6.07, 6.45) is -4.42. The molecule has 1 aromatic heterocycles. The summed E-state index contributed by atoms with van der Waals surface area (Å²) in [4.78, 5) is 4.17. The van der Waals surface area contributed by atoms with Gasteiger partial charge in [0.1, 0.15) is 0 Å². The van der Waals surface area contributed by atoms with Crippen molar-refractivity contribution in [2.24, 2.45) is 0 Å². The molecular weight excluding hydrogens is 307 g/mol. The number of nitrogens with zero attached hydrogens (tertiary/aromatic N) is 1. The fraction of sp³-hybridized carbons (Fsp3) is 0.308. The highest BCUT2D eigenvalue weighted by Gasteiger charge is 2.33. The molecule has 2 rings (SSSR count). The van der Waals surface area contributed by atoms with E-state index >= 15 is 0 Å². The average molecular weight is 319 g/mol. The van der Waals surface area contributed by atoms with Crippen molar-refractivity contribution in [2.45, 2.75) is 24.6 Å². The molecule has 0 fully saturated rings. The van der Waals surface area contributed by atoms with Crippen LogP contribution in [0.3, 0.4) is 0 Å². The van der Waals surface area contributed by atoms with Crippen LogP contribution in [0.25, 0.3) is 0 Å². The zero-order chi connectivity index (χ0) is 14.8. The highest BCUT2D eigenvalue weighted by Crippen LogP contribution is 2.32. The van der Waals surface area contributed by atoms with E-state index in [1.165, 1.54) is 29.5 Å². The topological polar surface area (TPSA) is 30.0 Å². The molecule has 1 aromatic carbocycles. The van der Waals surface area contributed by atoms with Crippen molar-refractivity contribution in [3.05, 3.63) is 51.5 Å². The standard InChI is InChI=1S/C13H12F3NOS2/c1-9-17-11(6-19-9)8-20(18)7-10-4-2-3-5-12(10)13(14,15)16/h2-6H,7-8H2,1H3. The molecule has 0 aliphatic heterocycles. The first kappa shape index (κ1) is 15.2. The van der Waals surface area contributed by atoms with Crippen LogP contribution in [0.4, 0.5) is 13.2 Å². The Morgan fingerprint density at radius 3 is 2.55 bits per heavy atom. The van der Waals surface area contributed by atoms with Crippen molar-refractivity contribution < 1.29 is 17.4 Å². The first-order valence-electron chi connectivity index (χ1n) is 5.77. The number of hydrogen-bond donors (Lipinski definition) is 0. The van der Waals surface area contributed by atoms with Gasteiger partial charge in [0.05, 0.1) is 22.0 Å². The summed E-state index contributed by atoms with van der Waals surface area (Å²) in [6.45, 7) is 1.83. The number of alkyl halides is 3. The first-order chi connectivity index (χ1) is 9.36. The van der Waals surface area contributed by atoms with Crippen LogP contribution in [0.1, 0.15) is 21.8 Å². The van der Waals surface area contributed by atoms with Gasteiger partial charge in [-0.2, -0.15) is 13.2 Å². The van der Waals surface area contributed by atoms with Gasteiger partial charge in [-0.05, 0) is 18.6 Å². The average Bonchev–Trinajstić information content (AvgIpc) is 2.73. The van der Waals surface area contributed by atoms with Crippen LogP contribution < -0.4 is 0 Å². The van der Waals surface area contributed by atoms with E-state index in [-0.39, 0.29) is 17.1 Å². The Bertz CT molecular complexity index is 622. The smallest absolute Gasteiger partial charge is 0.259 e. The summed E-state index contributed by atoms with van der Waals surface area (Å²) in [5.74, 6) is 0.0583. The van der Waals surface area contributed by atoms with E-state index in [4.69, 9.17) is 0 Å². The first-order valence-corrected chi connectivity index (χ1v) is 8.14. The summed E-state index contributed by atoms with van der Waals surface area (Å²) in [5.41, 5.74) is 0.00316. The molecule has 0 N–H and O–H groups in total. The highest BCUT2D eigenvalue weighted by atomic mass is 32.2. The van der Waals surface area contributed by atoms with Crippen LogP contribution in [0.15, 0.2) is 29.6 Å². The zero-order valence-electron chi connectivity index (χ0n) is 10.6. The quantitative estimate of drug-likeness (QED) is 0.855. The number of aryl methyl sites for hydroxylation is 1. The van der Waals surface area contributed by atoms with Gasteiger partial charge >= 0.3 is 6.18 Å². The Hall–Kier alpha value is -1.21. The maximum atomic E-state index is 12.8. The van der Waals surface area contributed by atoms with E-state index in [0.717, 1.165) is 11.1 Å². The fourth-order valence-electron chi connectivity index (χ4n) is 1.79. The fourth-order valence-corrected chi connectivity index (χ4v) is 3.68. The van der Waals surface area contributed by atoms with Crippen molar-refractivity contribution in [1.82, 2.24) is 4.98 Å². The van der Waals surface area contributed by atoms with Crippen LogP contribution >= 0.6 is 11.3 Å². The highest BCUT2D eigenvalue weighted by molar-refractivity contribution is 7.83. The van der Waals surface area contributed by atoms with Crippen LogP contribution in [0, 0.1) is 6.92 Å². The molecule has 1 heterocycles. The number of benzene rings is 1. The van der Waals surface area contributed by atoms with Gasteiger partial charge in [-0.25, -0.2) is 4.98 Å². The minimum atomic E-state index is -4.42. The predicted molar refractivity (Wildman–Crippen MR) is 73.8 cm³/mol. The van der Waals surface area contributed by atoms with Crippen molar-refractivity contribution in [2.75, 3.05) is 0 Å². The Morgan fingerprint density at radius 1 is 1.25 bits per heavy atom. The largest absolute Gasteiger partial charge is 0.416 e. The molecule has 0 radical (unpaired) electrons. The third-order valence-corrected chi connectivity index (χ3v) is 4.69. The Morgan fingerprint density at radius 2 is 1.95 bits per heavy atom. The summed E-state index contributed by atoms with van der Waals surface area (Å²) >= 11 is 1.43. The van der Waals surface area contributed by atoms with E-state index in [2.05, 4.69) is 4.98 Å². The number of aromatic nitrogens is 1. The predicted octanol–water partition coefficient (Wildman–Crippen LogP) is 3.92. The van der Waals surface area contributed by atoms with Gasteiger partial charge in [-0.15, -0.1) is 11.3 Å². The maximum absolute atomic E-state index is 12.8. The lowest BCUT2D eigenvalue weighted by molar-refractivity contribution is -0.138. The van der Waals surface area contributed by atoms with E-state index in [9.17, 15) is 17.4 Å². The molecule has 1 unspecified atom stereocenters.